The molecule has 6 aromatic heterocycles. The predicted octanol–water partition coefficient (Wildman–Crippen LogP) is 11.0. The van der Waals surface area contributed by atoms with Gasteiger partial charge in [-0.1, -0.05) is 62.4 Å². The average molecular weight is 961 g/mol. The van der Waals surface area contributed by atoms with E-state index in [0.29, 0.717) is 88.9 Å². The van der Waals surface area contributed by atoms with Crippen LogP contribution in [0.3, 0.4) is 0 Å². The molecule has 8 aromatic rings. The van der Waals surface area contributed by atoms with Gasteiger partial charge in [-0.2, -0.15) is 0 Å². The molecule has 16 nitrogen and oxygen atoms in total. The summed E-state index contributed by atoms with van der Waals surface area (Å²) in [5.74, 6) is 3.95. The summed E-state index contributed by atoms with van der Waals surface area (Å²) >= 11 is 0. The van der Waals surface area contributed by atoms with Crippen molar-refractivity contribution in [2.24, 2.45) is 0 Å². The van der Waals surface area contributed by atoms with Crippen molar-refractivity contribution in [1.29, 1.82) is 0 Å². The van der Waals surface area contributed by atoms with E-state index in [0.717, 1.165) is 65.9 Å². The second kappa shape index (κ2) is 22.1. The molecule has 72 heavy (non-hydrogen) atoms. The molecule has 0 saturated heterocycles. The summed E-state index contributed by atoms with van der Waals surface area (Å²) in [6, 6.07) is 30.7. The van der Waals surface area contributed by atoms with Gasteiger partial charge in [0.25, 0.3) is 11.8 Å². The third-order valence-electron chi connectivity index (χ3n) is 12.7. The van der Waals surface area contributed by atoms with E-state index in [9.17, 15) is 9.59 Å². The summed E-state index contributed by atoms with van der Waals surface area (Å²) in [5, 5.41) is 22.4. The molecule has 0 unspecified atom stereocenters. The number of nitrogens with one attached hydrogen (secondary N) is 2. The minimum Gasteiger partial charge on any atom is -0.493 e. The third-order valence-corrected chi connectivity index (χ3v) is 12.7. The van der Waals surface area contributed by atoms with E-state index < -0.39 is 0 Å². The normalized spacial score (nSPS) is 16.0. The van der Waals surface area contributed by atoms with Gasteiger partial charge in [0.2, 0.25) is 0 Å². The lowest BCUT2D eigenvalue weighted by atomic mass is 10.0. The maximum absolute atomic E-state index is 13.4. The summed E-state index contributed by atoms with van der Waals surface area (Å²) in [4.78, 5) is 45.3. The van der Waals surface area contributed by atoms with E-state index in [-0.39, 0.29) is 11.8 Å². The van der Waals surface area contributed by atoms with Crippen LogP contribution >= 0.6 is 0 Å². The number of anilines is 2. The summed E-state index contributed by atoms with van der Waals surface area (Å²) in [6.45, 7) is 6.41. The zero-order valence-corrected chi connectivity index (χ0v) is 40.4. The topological polar surface area (TPSA) is 190 Å². The minimum atomic E-state index is -0.297. The van der Waals surface area contributed by atoms with Crippen molar-refractivity contribution in [3.8, 4) is 56.8 Å². The highest BCUT2D eigenvalue weighted by Gasteiger charge is 2.26. The van der Waals surface area contributed by atoms with Crippen LogP contribution in [0.5, 0.6) is 11.5 Å². The molecule has 0 spiro atoms. The molecular formula is C56H56N12O4. The lowest BCUT2D eigenvalue weighted by molar-refractivity contribution is 0.101. The molecule has 8 heterocycles. The summed E-state index contributed by atoms with van der Waals surface area (Å²) in [6.07, 6.45) is 19.7. The number of benzene rings is 2. The smallest absolute Gasteiger partial charge is 0.260 e. The minimum absolute atomic E-state index is 0.273. The third kappa shape index (κ3) is 11.3. The molecule has 4 bridgehead atoms. The molecule has 2 saturated carbocycles. The molecule has 2 aliphatic carbocycles. The lowest BCUT2D eigenvalue weighted by Gasteiger charge is -2.14. The van der Waals surface area contributed by atoms with Crippen molar-refractivity contribution in [1.82, 2.24) is 49.5 Å². The second-order valence-electron chi connectivity index (χ2n) is 17.8. The van der Waals surface area contributed by atoms with Crippen LogP contribution in [0.4, 0.5) is 11.6 Å². The zero-order valence-electron chi connectivity index (χ0n) is 40.4. The van der Waals surface area contributed by atoms with E-state index in [2.05, 4.69) is 81.3 Å². The number of aryl methyl sites for hydroxylation is 2. The Kier molecular flexibility index (Phi) is 14.5. The molecule has 0 radical (unpaired) electrons. The summed E-state index contributed by atoms with van der Waals surface area (Å²) in [5.41, 5.74) is 8.26. The van der Waals surface area contributed by atoms with Gasteiger partial charge in [0.15, 0.2) is 11.6 Å². The first-order chi connectivity index (χ1) is 35.5. The van der Waals surface area contributed by atoms with E-state index in [1.54, 1.807) is 24.8 Å². The van der Waals surface area contributed by atoms with Crippen LogP contribution in [0.1, 0.15) is 109 Å². The van der Waals surface area contributed by atoms with Crippen LogP contribution in [0.15, 0.2) is 134 Å². The van der Waals surface area contributed by atoms with Crippen LogP contribution in [0.2, 0.25) is 0 Å². The Bertz CT molecular complexity index is 3190. The fraction of sp³-hybridized carbons (Fsp3) is 0.286. The number of hydrogen-bond acceptors (Lipinski definition) is 12. The number of pyridine rings is 4. The molecule has 2 amide bonds. The van der Waals surface area contributed by atoms with Crippen LogP contribution in [0, 0.1) is 0 Å². The van der Waals surface area contributed by atoms with Crippen LogP contribution in [-0.4, -0.2) is 74.5 Å². The number of carbonyl (C=O) groups is 2. The molecule has 16 heteroatoms. The number of amides is 2. The number of nitrogens with zero attached hydrogens (tertiary/aromatic N) is 10. The van der Waals surface area contributed by atoms with Gasteiger partial charge in [-0.25, -0.2) is 9.97 Å². The maximum Gasteiger partial charge on any atom is 0.260 e. The maximum atomic E-state index is 13.4. The highest BCUT2D eigenvalue weighted by molar-refractivity contribution is 6.07. The van der Waals surface area contributed by atoms with Gasteiger partial charge in [0.05, 0.1) is 17.7 Å². The van der Waals surface area contributed by atoms with E-state index in [1.807, 2.05) is 102 Å². The summed E-state index contributed by atoms with van der Waals surface area (Å²) < 4.78 is 16.0. The number of hydrogen-bond donors (Lipinski definition) is 2. The molecule has 2 aliphatic heterocycles. The van der Waals surface area contributed by atoms with Gasteiger partial charge in [-0.15, -0.1) is 20.4 Å². The van der Waals surface area contributed by atoms with E-state index in [1.165, 1.54) is 25.7 Å². The largest absolute Gasteiger partial charge is 0.493 e. The van der Waals surface area contributed by atoms with Gasteiger partial charge in [-0.05, 0) is 123 Å². The van der Waals surface area contributed by atoms with Gasteiger partial charge >= 0.3 is 0 Å². The average Bonchev–Trinajstić information content (AvgIpc) is 4.36. The van der Waals surface area contributed by atoms with Gasteiger partial charge in [0, 0.05) is 59.8 Å². The van der Waals surface area contributed by atoms with Crippen molar-refractivity contribution < 1.29 is 19.1 Å². The Hall–Kier alpha value is -8.40. The fourth-order valence-electron chi connectivity index (χ4n) is 8.56. The monoisotopic (exact) mass is 960 g/mol. The van der Waals surface area contributed by atoms with E-state index >= 15 is 0 Å². The molecule has 364 valence electrons. The SMILES string of the molecule is CC.O=C1Nc2cccc(n2)-c2nncn2CC/C=C/COc2ccc(-c3ccc(C4CC4)nc3)cc21.O=C1Nc2cccc(n2)-c2nncn2CCCCCOc2ccc(-c3ccc(C4CC4)nc3)cc21. The second-order valence-corrected chi connectivity index (χ2v) is 17.8. The van der Waals surface area contributed by atoms with Crippen LogP contribution < -0.4 is 20.1 Å². The number of carbonyl (C=O) groups excluding carboxylic acids is 2. The summed E-state index contributed by atoms with van der Waals surface area (Å²) in [7, 11) is 0. The zero-order chi connectivity index (χ0) is 49.2. The Morgan fingerprint density at radius 2 is 1.08 bits per heavy atom. The van der Waals surface area contributed by atoms with Crippen LogP contribution in [0.25, 0.3) is 45.3 Å². The highest BCUT2D eigenvalue weighted by atomic mass is 16.5. The number of rotatable bonds is 4. The number of allylic oxidation sites excluding steroid dienone is 1. The molecule has 0 atom stereocenters. The molecule has 2 fully saturated rings. The van der Waals surface area contributed by atoms with Crippen LogP contribution in [-0.2, 0) is 13.1 Å². The van der Waals surface area contributed by atoms with Crippen molar-refractivity contribution in [3.05, 3.63) is 157 Å². The highest BCUT2D eigenvalue weighted by Crippen LogP contribution is 2.40. The first-order valence-corrected chi connectivity index (χ1v) is 24.9. The van der Waals surface area contributed by atoms with Gasteiger partial charge in [0.1, 0.15) is 53.8 Å². The Balaban J connectivity index is 0.000000160. The quantitative estimate of drug-likeness (QED) is 0.159. The van der Waals surface area contributed by atoms with Crippen molar-refractivity contribution in [2.45, 2.75) is 90.1 Å². The molecular weight excluding hydrogens is 905 g/mol. The standard InChI is InChI=1S/C27H26N6O2.C27H24N6O2.C2H6/c2*34-27-21-15-19(20-9-11-22(28-16-20)18-7-8-18)10-12-24(21)35-14-3-1-2-13-33-17-29-32-26(33)23-5-4-6-25(30-23)31-27;1-2/h4-6,9-12,15-18H,1-3,7-8,13-14H2,(H,30,31,34);1,3-6,9-12,15-18H,2,7-8,13-14H2,(H,30,31,34);1-2H3/b;3-1+;. The van der Waals surface area contributed by atoms with Gasteiger partial charge in [-0.3, -0.25) is 19.6 Å². The molecule has 2 N–H and O–H groups in total. The van der Waals surface area contributed by atoms with E-state index in [4.69, 9.17) is 9.47 Å². The van der Waals surface area contributed by atoms with Crippen molar-refractivity contribution >= 4 is 23.5 Å². The van der Waals surface area contributed by atoms with Crippen molar-refractivity contribution in [3.63, 3.8) is 0 Å². The first kappa shape index (κ1) is 47.3. The first-order valence-electron chi connectivity index (χ1n) is 24.9. The van der Waals surface area contributed by atoms with Crippen molar-refractivity contribution in [2.75, 3.05) is 23.8 Å². The Morgan fingerprint density at radius 1 is 0.556 bits per heavy atom. The predicted molar refractivity (Wildman–Crippen MR) is 276 cm³/mol. The van der Waals surface area contributed by atoms with Gasteiger partial charge < -0.3 is 29.2 Å². The Labute approximate surface area is 418 Å². The molecule has 12 rings (SSSR count). The number of fused-ring (bicyclic) bond motifs is 10. The Morgan fingerprint density at radius 3 is 1.61 bits per heavy atom. The molecule has 2 aromatic carbocycles. The molecule has 4 aliphatic rings. The fourth-order valence-corrected chi connectivity index (χ4v) is 8.56. The lowest BCUT2D eigenvalue weighted by Crippen LogP contribution is -2.15. The number of ether oxygens (including phenoxy) is 2. The number of aromatic nitrogens is 10.